The van der Waals surface area contributed by atoms with Crippen LogP contribution >= 0.6 is 0 Å². The Morgan fingerprint density at radius 1 is 1.28 bits per heavy atom. The van der Waals surface area contributed by atoms with E-state index in [0.717, 1.165) is 18.4 Å². The van der Waals surface area contributed by atoms with Crippen molar-refractivity contribution in [1.82, 2.24) is 0 Å². The van der Waals surface area contributed by atoms with Crippen LogP contribution in [-0.4, -0.2) is 11.9 Å². The maximum atomic E-state index is 11.2. The Labute approximate surface area is 111 Å². The molecular weight excluding hydrogens is 228 g/mol. The van der Waals surface area contributed by atoms with Crippen molar-refractivity contribution in [3.63, 3.8) is 0 Å². The number of allylic oxidation sites excluding steroid dienone is 3. The van der Waals surface area contributed by atoms with Gasteiger partial charge < -0.3 is 4.74 Å². The van der Waals surface area contributed by atoms with Crippen molar-refractivity contribution in [1.29, 1.82) is 0 Å². The molecule has 1 aliphatic rings. The number of esters is 2. The molecular formula is C15H26O3. The van der Waals surface area contributed by atoms with Crippen molar-refractivity contribution in [2.24, 2.45) is 5.92 Å². The summed E-state index contributed by atoms with van der Waals surface area (Å²) >= 11 is 0. The molecule has 1 fully saturated rings. The lowest BCUT2D eigenvalue weighted by atomic mass is 10.0. The van der Waals surface area contributed by atoms with Gasteiger partial charge in [0.05, 0.1) is 12.3 Å². The molecule has 0 N–H and O–H groups in total. The zero-order valence-electron chi connectivity index (χ0n) is 10.1. The van der Waals surface area contributed by atoms with Crippen LogP contribution in [0.4, 0.5) is 0 Å². The minimum atomic E-state index is -0.417. The van der Waals surface area contributed by atoms with Crippen molar-refractivity contribution in [2.75, 3.05) is 0 Å². The van der Waals surface area contributed by atoms with E-state index in [0.29, 0.717) is 0 Å². The summed E-state index contributed by atoms with van der Waals surface area (Å²) in [6, 6.07) is 0. The van der Waals surface area contributed by atoms with E-state index in [2.05, 4.69) is 24.7 Å². The monoisotopic (exact) mass is 254 g/mol. The number of cyclic esters (lactones) is 2. The molecule has 1 atom stereocenters. The third kappa shape index (κ3) is 5.80. The summed E-state index contributed by atoms with van der Waals surface area (Å²) in [6.45, 7) is 6.16. The number of carbonyl (C=O) groups excluding carboxylic acids is 2. The molecule has 0 aromatic rings. The van der Waals surface area contributed by atoms with Gasteiger partial charge in [-0.25, -0.2) is 0 Å². The molecule has 0 aliphatic carbocycles. The lowest BCUT2D eigenvalue weighted by Gasteiger charge is -2.01. The molecule has 18 heavy (non-hydrogen) atoms. The van der Waals surface area contributed by atoms with E-state index in [1.807, 2.05) is 13.0 Å². The fourth-order valence-corrected chi connectivity index (χ4v) is 1.51. The first-order chi connectivity index (χ1) is 7.52. The minimum absolute atomic E-state index is 0. The van der Waals surface area contributed by atoms with Gasteiger partial charge >= 0.3 is 11.9 Å². The summed E-state index contributed by atoms with van der Waals surface area (Å²) in [6.07, 6.45) is 6.04. The lowest BCUT2D eigenvalue weighted by molar-refractivity contribution is -0.152. The predicted octanol–water partition coefficient (Wildman–Crippen LogP) is 4.04. The Morgan fingerprint density at radius 3 is 2.33 bits per heavy atom. The largest absolute Gasteiger partial charge is 0.393 e. The van der Waals surface area contributed by atoms with Gasteiger partial charge in [-0.1, -0.05) is 45.1 Å². The summed E-state index contributed by atoms with van der Waals surface area (Å²) in [5.41, 5.74) is 2.43. The Hall–Kier alpha value is -1.38. The number of ether oxygens (including phenoxy) is 1. The van der Waals surface area contributed by atoms with Crippen molar-refractivity contribution < 1.29 is 14.3 Å². The highest BCUT2D eigenvalue weighted by molar-refractivity contribution is 5.95. The lowest BCUT2D eigenvalue weighted by Crippen LogP contribution is -2.04. The van der Waals surface area contributed by atoms with E-state index in [1.165, 1.54) is 5.57 Å². The van der Waals surface area contributed by atoms with Gasteiger partial charge in [0.15, 0.2) is 0 Å². The summed E-state index contributed by atoms with van der Waals surface area (Å²) in [5, 5.41) is 0. The van der Waals surface area contributed by atoms with Gasteiger partial charge in [0, 0.05) is 0 Å². The molecule has 1 unspecified atom stereocenters. The SMILES string of the molecule is C.C.CCC(C)=CC/C(C)=C\C1CC(=O)OC1=O. The molecule has 1 aliphatic heterocycles. The van der Waals surface area contributed by atoms with E-state index in [-0.39, 0.29) is 27.2 Å². The predicted molar refractivity (Wildman–Crippen MR) is 75.1 cm³/mol. The van der Waals surface area contributed by atoms with Crippen molar-refractivity contribution in [3.05, 3.63) is 23.3 Å². The van der Waals surface area contributed by atoms with E-state index in [1.54, 1.807) is 0 Å². The van der Waals surface area contributed by atoms with Crippen molar-refractivity contribution >= 4 is 11.9 Å². The smallest absolute Gasteiger partial charge is 0.321 e. The minimum Gasteiger partial charge on any atom is -0.393 e. The van der Waals surface area contributed by atoms with E-state index in [4.69, 9.17) is 0 Å². The van der Waals surface area contributed by atoms with Crippen LogP contribution in [0.5, 0.6) is 0 Å². The quantitative estimate of drug-likeness (QED) is 0.432. The van der Waals surface area contributed by atoms with Gasteiger partial charge in [-0.3, -0.25) is 9.59 Å². The van der Waals surface area contributed by atoms with Gasteiger partial charge in [-0.05, 0) is 26.7 Å². The highest BCUT2D eigenvalue weighted by Crippen LogP contribution is 2.20. The van der Waals surface area contributed by atoms with E-state index >= 15 is 0 Å². The first-order valence-corrected chi connectivity index (χ1v) is 5.60. The topological polar surface area (TPSA) is 43.4 Å². The van der Waals surface area contributed by atoms with Gasteiger partial charge in [0.2, 0.25) is 0 Å². The Morgan fingerprint density at radius 2 is 1.89 bits per heavy atom. The van der Waals surface area contributed by atoms with Crippen LogP contribution in [0.2, 0.25) is 0 Å². The number of hydrogen-bond donors (Lipinski definition) is 0. The zero-order chi connectivity index (χ0) is 12.1. The molecule has 0 aromatic heterocycles. The molecule has 0 bridgehead atoms. The van der Waals surface area contributed by atoms with Crippen molar-refractivity contribution in [2.45, 2.75) is 54.9 Å². The molecule has 0 aromatic carbocycles. The summed E-state index contributed by atoms with van der Waals surface area (Å²) < 4.78 is 4.48. The van der Waals surface area contributed by atoms with E-state index in [9.17, 15) is 9.59 Å². The highest BCUT2D eigenvalue weighted by atomic mass is 16.6. The van der Waals surface area contributed by atoms with Crippen LogP contribution in [0.15, 0.2) is 23.3 Å². The molecule has 3 heteroatoms. The Kier molecular flexibility index (Phi) is 9.14. The highest BCUT2D eigenvalue weighted by Gasteiger charge is 2.31. The van der Waals surface area contributed by atoms with Crippen molar-refractivity contribution in [3.8, 4) is 0 Å². The molecule has 1 rings (SSSR count). The maximum Gasteiger partial charge on any atom is 0.321 e. The first-order valence-electron chi connectivity index (χ1n) is 5.60. The summed E-state index contributed by atoms with van der Waals surface area (Å²) in [5.74, 6) is -1.21. The Balaban J connectivity index is 0. The van der Waals surface area contributed by atoms with Crippen LogP contribution in [0.25, 0.3) is 0 Å². The molecule has 0 radical (unpaired) electrons. The van der Waals surface area contributed by atoms with Crippen LogP contribution < -0.4 is 0 Å². The first kappa shape index (κ1) is 19.0. The fourth-order valence-electron chi connectivity index (χ4n) is 1.51. The van der Waals surface area contributed by atoms with Gasteiger partial charge in [-0.2, -0.15) is 0 Å². The van der Waals surface area contributed by atoms with Crippen LogP contribution in [0, 0.1) is 5.92 Å². The third-order valence-electron chi connectivity index (χ3n) is 2.72. The van der Waals surface area contributed by atoms with Gasteiger partial charge in [0.25, 0.3) is 0 Å². The second-order valence-corrected chi connectivity index (χ2v) is 4.22. The third-order valence-corrected chi connectivity index (χ3v) is 2.72. The van der Waals surface area contributed by atoms with Gasteiger partial charge in [-0.15, -0.1) is 0 Å². The van der Waals surface area contributed by atoms with Crippen LogP contribution in [-0.2, 0) is 14.3 Å². The number of carbonyl (C=O) groups is 2. The second kappa shape index (κ2) is 8.67. The molecule has 1 heterocycles. The molecule has 1 saturated heterocycles. The molecule has 0 spiro atoms. The average Bonchev–Trinajstić information content (AvgIpc) is 2.54. The zero-order valence-corrected chi connectivity index (χ0v) is 10.1. The van der Waals surface area contributed by atoms with Crippen LogP contribution in [0.1, 0.15) is 54.9 Å². The summed E-state index contributed by atoms with van der Waals surface area (Å²) in [7, 11) is 0. The fraction of sp³-hybridized carbons (Fsp3) is 0.600. The molecule has 0 amide bonds. The molecule has 0 saturated carbocycles. The molecule has 104 valence electrons. The maximum absolute atomic E-state index is 11.2. The number of rotatable bonds is 4. The standard InChI is InChI=1S/C13H18O3.2CH4/c1-4-9(2)5-6-10(3)7-11-8-12(14)16-13(11)15;;/h5,7,11H,4,6,8H2,1-3H3;2*1H4/b9-5?,10-7-;;. The van der Waals surface area contributed by atoms with E-state index < -0.39 is 11.9 Å². The summed E-state index contributed by atoms with van der Waals surface area (Å²) in [4.78, 5) is 22.1. The normalized spacial score (nSPS) is 20.1. The Bertz CT molecular complexity index is 351. The second-order valence-electron chi connectivity index (χ2n) is 4.22. The average molecular weight is 254 g/mol. The number of hydrogen-bond acceptors (Lipinski definition) is 3. The molecule has 3 nitrogen and oxygen atoms in total. The van der Waals surface area contributed by atoms with Gasteiger partial charge in [0.1, 0.15) is 0 Å². The van der Waals surface area contributed by atoms with Crippen LogP contribution in [0.3, 0.4) is 0 Å².